The fourth-order valence-electron chi connectivity index (χ4n) is 2.24. The summed E-state index contributed by atoms with van der Waals surface area (Å²) in [5, 5.41) is 8.75. The number of alkyl halides is 3. The van der Waals surface area contributed by atoms with Crippen LogP contribution in [0.2, 0.25) is 0 Å². The summed E-state index contributed by atoms with van der Waals surface area (Å²) >= 11 is 5.02. The third-order valence-electron chi connectivity index (χ3n) is 3.41. The van der Waals surface area contributed by atoms with Crippen LogP contribution >= 0.6 is 11.8 Å². The molecule has 2 heterocycles. The number of rotatable bonds is 3. The second kappa shape index (κ2) is 8.17. The van der Waals surface area contributed by atoms with E-state index >= 15 is 0 Å². The molecule has 0 saturated heterocycles. The summed E-state index contributed by atoms with van der Waals surface area (Å²) in [5.41, 5.74) is 0.0781. The molecule has 1 aliphatic heterocycles. The number of carboxylic acids is 1. The minimum atomic E-state index is -4.34. The Balaban J connectivity index is 0.000000181. The lowest BCUT2D eigenvalue weighted by Crippen LogP contribution is -2.12. The number of hydrogen-bond donors (Lipinski definition) is 1. The van der Waals surface area contributed by atoms with Crippen molar-refractivity contribution in [1.82, 2.24) is 4.98 Å². The number of halogens is 4. The van der Waals surface area contributed by atoms with Gasteiger partial charge in [-0.25, -0.2) is 4.98 Å². The van der Waals surface area contributed by atoms with Crippen LogP contribution < -0.4 is 4.74 Å². The maximum Gasteiger partial charge on any atom is 0.416 e. The molecule has 0 spiro atoms. The van der Waals surface area contributed by atoms with Gasteiger partial charge in [-0.3, -0.25) is 16.6 Å². The SMILES string of the molecule is FC(F)(F)c1ccccc1C[N-]Cl.O=C(O)C1COc2ncccc21. The molecule has 0 fully saturated rings. The second-order valence-electron chi connectivity index (χ2n) is 5.03. The first kappa shape index (κ1) is 19.0. The van der Waals surface area contributed by atoms with Gasteiger partial charge in [-0.15, -0.1) is 6.54 Å². The number of nitrogens with zero attached hydrogens (tertiary/aromatic N) is 2. The molecule has 1 N–H and O–H groups in total. The van der Waals surface area contributed by atoms with Crippen LogP contribution in [0.15, 0.2) is 42.6 Å². The number of aromatic nitrogens is 1. The summed E-state index contributed by atoms with van der Waals surface area (Å²) < 4.78 is 41.9. The first-order valence-electron chi connectivity index (χ1n) is 7.08. The molecule has 25 heavy (non-hydrogen) atoms. The molecule has 0 saturated carbocycles. The van der Waals surface area contributed by atoms with Crippen molar-refractivity contribution in [3.05, 3.63) is 64.1 Å². The molecular weight excluding hydrogens is 361 g/mol. The topological polar surface area (TPSA) is 73.5 Å². The second-order valence-corrected chi connectivity index (χ2v) is 5.27. The molecule has 1 atom stereocenters. The summed E-state index contributed by atoms with van der Waals surface area (Å²) in [6.07, 6.45) is -2.75. The van der Waals surface area contributed by atoms with Gasteiger partial charge >= 0.3 is 12.1 Å². The van der Waals surface area contributed by atoms with E-state index in [1.807, 2.05) is 0 Å². The smallest absolute Gasteiger partial charge is 0.416 e. The average Bonchev–Trinajstić information content (AvgIpc) is 2.99. The minimum absolute atomic E-state index is 0.0880. The van der Waals surface area contributed by atoms with E-state index in [0.717, 1.165) is 6.07 Å². The highest BCUT2D eigenvalue weighted by molar-refractivity contribution is 6.24. The van der Waals surface area contributed by atoms with E-state index in [1.54, 1.807) is 18.3 Å². The Kier molecular flexibility index (Phi) is 6.22. The van der Waals surface area contributed by atoms with Crippen LogP contribution in [-0.2, 0) is 17.5 Å². The van der Waals surface area contributed by atoms with Gasteiger partial charge in [0.1, 0.15) is 12.5 Å². The Morgan fingerprint density at radius 3 is 2.68 bits per heavy atom. The zero-order chi connectivity index (χ0) is 18.4. The molecule has 2 aromatic rings. The monoisotopic (exact) mass is 373 g/mol. The molecule has 9 heteroatoms. The van der Waals surface area contributed by atoms with E-state index in [9.17, 15) is 18.0 Å². The lowest BCUT2D eigenvalue weighted by Gasteiger charge is -2.16. The van der Waals surface area contributed by atoms with Gasteiger partial charge in [0.25, 0.3) is 0 Å². The summed E-state index contributed by atoms with van der Waals surface area (Å²) in [7, 11) is 0. The fourth-order valence-corrected chi connectivity index (χ4v) is 2.37. The van der Waals surface area contributed by atoms with Crippen molar-refractivity contribution in [2.45, 2.75) is 18.6 Å². The van der Waals surface area contributed by atoms with Crippen molar-refractivity contribution in [2.75, 3.05) is 6.61 Å². The average molecular weight is 374 g/mol. The van der Waals surface area contributed by atoms with Gasteiger partial charge in [-0.2, -0.15) is 13.2 Å². The van der Waals surface area contributed by atoms with Gasteiger partial charge in [0.05, 0.1) is 5.56 Å². The third-order valence-corrected chi connectivity index (χ3v) is 3.53. The molecule has 134 valence electrons. The van der Waals surface area contributed by atoms with E-state index < -0.39 is 23.6 Å². The van der Waals surface area contributed by atoms with Crippen LogP contribution in [0, 0.1) is 0 Å². The molecule has 0 aliphatic carbocycles. The van der Waals surface area contributed by atoms with Gasteiger partial charge < -0.3 is 14.7 Å². The van der Waals surface area contributed by atoms with E-state index in [2.05, 4.69) is 9.82 Å². The maximum absolute atomic E-state index is 12.3. The number of hydrogen-bond acceptors (Lipinski definition) is 3. The maximum atomic E-state index is 12.3. The van der Waals surface area contributed by atoms with Crippen molar-refractivity contribution >= 4 is 17.7 Å². The lowest BCUT2D eigenvalue weighted by atomic mass is 10.0. The molecule has 3 rings (SSSR count). The molecule has 0 amide bonds. The molecule has 1 aromatic carbocycles. The molecule has 0 bridgehead atoms. The number of carbonyl (C=O) groups is 1. The highest BCUT2D eigenvalue weighted by atomic mass is 35.5. The van der Waals surface area contributed by atoms with E-state index in [0.29, 0.717) is 11.4 Å². The predicted octanol–water partition coefficient (Wildman–Crippen LogP) is 4.38. The molecular formula is C16H13ClF3N2O3-. The summed E-state index contributed by atoms with van der Waals surface area (Å²) in [6, 6.07) is 8.66. The van der Waals surface area contributed by atoms with Crippen molar-refractivity contribution < 1.29 is 27.8 Å². The zero-order valence-electron chi connectivity index (χ0n) is 12.7. The molecule has 5 nitrogen and oxygen atoms in total. The van der Waals surface area contributed by atoms with Crippen LogP contribution in [0.25, 0.3) is 4.84 Å². The number of ether oxygens (including phenoxy) is 1. The first-order valence-corrected chi connectivity index (χ1v) is 7.41. The largest absolute Gasteiger partial charge is 0.572 e. The van der Waals surface area contributed by atoms with Gasteiger partial charge in [-0.05, 0) is 12.1 Å². The van der Waals surface area contributed by atoms with Crippen LogP contribution in [0.3, 0.4) is 0 Å². The van der Waals surface area contributed by atoms with Crippen LogP contribution in [0.5, 0.6) is 5.88 Å². The Hall–Kier alpha value is -2.32. The zero-order valence-corrected chi connectivity index (χ0v) is 13.5. The number of fused-ring (bicyclic) bond motifs is 1. The van der Waals surface area contributed by atoms with E-state index in [4.69, 9.17) is 21.6 Å². The van der Waals surface area contributed by atoms with Crippen LogP contribution in [0.4, 0.5) is 13.2 Å². The Morgan fingerprint density at radius 1 is 1.32 bits per heavy atom. The highest BCUT2D eigenvalue weighted by Gasteiger charge is 2.32. The lowest BCUT2D eigenvalue weighted by molar-refractivity contribution is -0.139. The van der Waals surface area contributed by atoms with Crippen molar-refractivity contribution in [3.8, 4) is 5.88 Å². The number of carboxylic acid groups (broad SMARTS) is 1. The van der Waals surface area contributed by atoms with Gasteiger partial charge in [-0.1, -0.05) is 29.8 Å². The summed E-state index contributed by atoms with van der Waals surface area (Å²) in [5.74, 6) is -0.958. The van der Waals surface area contributed by atoms with Gasteiger partial charge in [0.15, 0.2) is 0 Å². The first-order chi connectivity index (χ1) is 11.8. The molecule has 1 aliphatic rings. The van der Waals surface area contributed by atoms with Crippen molar-refractivity contribution in [1.29, 1.82) is 0 Å². The minimum Gasteiger partial charge on any atom is -0.572 e. The van der Waals surface area contributed by atoms with Crippen LogP contribution in [0.1, 0.15) is 22.6 Å². The quantitative estimate of drug-likeness (QED) is 0.866. The number of benzene rings is 1. The normalized spacial score (nSPS) is 15.6. The molecule has 1 unspecified atom stereocenters. The Labute approximate surface area is 146 Å². The fraction of sp³-hybridized carbons (Fsp3) is 0.250. The number of pyridine rings is 1. The summed E-state index contributed by atoms with van der Waals surface area (Å²) in [6.45, 7) is 0.0684. The highest BCUT2D eigenvalue weighted by Crippen LogP contribution is 2.33. The van der Waals surface area contributed by atoms with Crippen LogP contribution in [-0.4, -0.2) is 22.7 Å². The van der Waals surface area contributed by atoms with Crippen molar-refractivity contribution in [2.24, 2.45) is 0 Å². The third kappa shape index (κ3) is 4.83. The van der Waals surface area contributed by atoms with E-state index in [-0.39, 0.29) is 18.7 Å². The Morgan fingerprint density at radius 2 is 2.04 bits per heavy atom. The predicted molar refractivity (Wildman–Crippen MR) is 84.5 cm³/mol. The van der Waals surface area contributed by atoms with Gasteiger partial charge in [0.2, 0.25) is 5.88 Å². The standard InChI is InChI=1S/C8H6ClF3N.C8H7NO3/c9-13-5-6-3-1-2-4-7(6)8(10,11)12;10-8(11)6-4-12-7-5(6)2-1-3-9-7/h1-4H,5H2;1-3,6H,4H2,(H,10,11)/q-1;. The molecule has 1 aromatic heterocycles. The summed E-state index contributed by atoms with van der Waals surface area (Å²) in [4.78, 5) is 17.7. The number of aliphatic carboxylic acids is 1. The Bertz CT molecular complexity index is 741. The van der Waals surface area contributed by atoms with Gasteiger partial charge in [0, 0.05) is 11.8 Å². The van der Waals surface area contributed by atoms with Crippen molar-refractivity contribution in [3.63, 3.8) is 0 Å². The van der Waals surface area contributed by atoms with E-state index in [1.165, 1.54) is 18.2 Å². The molecule has 0 radical (unpaired) electrons.